The van der Waals surface area contributed by atoms with Gasteiger partial charge in [0, 0.05) is 31.8 Å². The molecule has 10 heteroatoms. The Morgan fingerprint density at radius 2 is 1.67 bits per heavy atom. The van der Waals surface area contributed by atoms with Gasteiger partial charge in [0.05, 0.1) is 60.4 Å². The fraction of sp³-hybridized carbons (Fsp3) is 0.972. The molecule has 5 rings (SSSR count). The van der Waals surface area contributed by atoms with Crippen LogP contribution in [0.4, 0.5) is 0 Å². The van der Waals surface area contributed by atoms with Crippen LogP contribution < -0.4 is 0 Å². The molecule has 0 bridgehead atoms. The highest BCUT2D eigenvalue weighted by Gasteiger charge is 2.61. The predicted octanol–water partition coefficient (Wildman–Crippen LogP) is 5.30. The van der Waals surface area contributed by atoms with E-state index in [0.29, 0.717) is 0 Å². The average Bonchev–Trinajstić information content (AvgIpc) is 3.73. The van der Waals surface area contributed by atoms with Gasteiger partial charge in [-0.3, -0.25) is 4.79 Å². The van der Waals surface area contributed by atoms with E-state index in [2.05, 4.69) is 34.6 Å². The lowest BCUT2D eigenvalue weighted by atomic mass is 9.79. The minimum atomic E-state index is -1.54. The smallest absolute Gasteiger partial charge is 0.308 e. The zero-order valence-corrected chi connectivity index (χ0v) is 29.7. The molecule has 5 fully saturated rings. The van der Waals surface area contributed by atoms with E-state index in [9.17, 15) is 20.1 Å². The quantitative estimate of drug-likeness (QED) is 0.285. The van der Waals surface area contributed by atoms with Crippen molar-refractivity contribution in [3.05, 3.63) is 0 Å². The van der Waals surface area contributed by atoms with Crippen LogP contribution in [0.15, 0.2) is 0 Å². The van der Waals surface area contributed by atoms with Crippen LogP contribution in [0.1, 0.15) is 113 Å². The third-order valence-electron chi connectivity index (χ3n) is 12.9. The lowest BCUT2D eigenvalue weighted by Crippen LogP contribution is -2.55. The maximum atomic E-state index is 11.8. The standard InChI is InChI=1S/C36H62O10/c1-10-34(31-22(4)18-26(42-31)29-21(3)17-23(5)36(40,19-37)45-29)13-12-27(43-34)33(8)15-16-35(46-33)14-11-20(2)28(44-35)24(6)30(41-9)25(7)32(38)39/h20-31,37,40H,10-19H2,1-9H3,(H,38,39)/t20-,21+,22+,23-,24-,25-,26-,27-,28+,29+,30-,31-,33+,34+,35+,36+/m0/s1. The zero-order valence-electron chi connectivity index (χ0n) is 29.7. The van der Waals surface area contributed by atoms with Gasteiger partial charge in [-0.15, -0.1) is 0 Å². The fourth-order valence-corrected chi connectivity index (χ4v) is 9.89. The maximum absolute atomic E-state index is 11.8. The molecule has 0 saturated carbocycles. The Balaban J connectivity index is 1.27. The Labute approximate surface area is 276 Å². The van der Waals surface area contributed by atoms with Crippen LogP contribution in [0.25, 0.3) is 0 Å². The highest BCUT2D eigenvalue weighted by Crippen LogP contribution is 2.54. The summed E-state index contributed by atoms with van der Waals surface area (Å²) in [5, 5.41) is 30.6. The molecule has 0 radical (unpaired) electrons. The lowest BCUT2D eigenvalue weighted by Gasteiger charge is -2.47. The number of rotatable bonds is 10. The van der Waals surface area contributed by atoms with Gasteiger partial charge in [-0.25, -0.2) is 0 Å². The Bertz CT molecular complexity index is 1070. The van der Waals surface area contributed by atoms with Gasteiger partial charge >= 0.3 is 5.97 Å². The number of hydrogen-bond acceptors (Lipinski definition) is 9. The molecule has 0 unspecified atom stereocenters. The van der Waals surface area contributed by atoms with Crippen molar-refractivity contribution in [3.63, 3.8) is 0 Å². The second kappa shape index (κ2) is 13.5. The van der Waals surface area contributed by atoms with Gasteiger partial charge in [0.2, 0.25) is 0 Å². The highest BCUT2D eigenvalue weighted by molar-refractivity contribution is 5.70. The number of ether oxygens (including phenoxy) is 6. The highest BCUT2D eigenvalue weighted by atomic mass is 16.7. The van der Waals surface area contributed by atoms with E-state index in [1.54, 1.807) is 14.0 Å². The van der Waals surface area contributed by atoms with Gasteiger partial charge in [-0.2, -0.15) is 0 Å². The molecule has 5 aliphatic heterocycles. The van der Waals surface area contributed by atoms with E-state index < -0.39 is 47.4 Å². The van der Waals surface area contributed by atoms with Crippen LogP contribution in [0, 0.1) is 35.5 Å². The molecule has 46 heavy (non-hydrogen) atoms. The summed E-state index contributed by atoms with van der Waals surface area (Å²) in [6, 6.07) is 0. The van der Waals surface area contributed by atoms with Crippen LogP contribution in [-0.4, -0.2) is 94.4 Å². The molecule has 10 nitrogen and oxygen atoms in total. The molecule has 0 amide bonds. The van der Waals surface area contributed by atoms with Crippen LogP contribution in [-0.2, 0) is 33.2 Å². The predicted molar refractivity (Wildman–Crippen MR) is 171 cm³/mol. The Hall–Kier alpha value is -0.850. The number of methoxy groups -OCH3 is 1. The third-order valence-corrected chi connectivity index (χ3v) is 12.9. The summed E-state index contributed by atoms with van der Waals surface area (Å²) in [5.41, 5.74) is -0.965. The van der Waals surface area contributed by atoms with Gasteiger partial charge in [0.15, 0.2) is 11.6 Å². The summed E-state index contributed by atoms with van der Waals surface area (Å²) in [5.74, 6) is -3.34. The maximum Gasteiger partial charge on any atom is 0.308 e. The zero-order chi connectivity index (χ0) is 33.8. The average molecular weight is 655 g/mol. The van der Waals surface area contributed by atoms with Gasteiger partial charge < -0.3 is 43.7 Å². The molecule has 3 N–H and O–H groups in total. The molecule has 266 valence electrons. The normalized spacial score (nSPS) is 50.1. The number of carboxylic acids is 1. The Morgan fingerprint density at radius 1 is 0.957 bits per heavy atom. The summed E-state index contributed by atoms with van der Waals surface area (Å²) in [7, 11) is 1.58. The number of carboxylic acid groups (broad SMARTS) is 1. The second-order valence-corrected chi connectivity index (χ2v) is 16.2. The van der Waals surface area contributed by atoms with Crippen molar-refractivity contribution in [2.24, 2.45) is 35.5 Å². The summed E-state index contributed by atoms with van der Waals surface area (Å²) in [4.78, 5) is 11.8. The summed E-state index contributed by atoms with van der Waals surface area (Å²) in [6.45, 7) is 16.1. The molecule has 0 aromatic rings. The molecule has 5 aliphatic rings. The van der Waals surface area contributed by atoms with E-state index in [0.717, 1.165) is 57.8 Å². The molecule has 16 atom stereocenters. The van der Waals surface area contributed by atoms with E-state index in [-0.39, 0.29) is 60.1 Å². The number of hydrogen-bond donors (Lipinski definition) is 3. The van der Waals surface area contributed by atoms with Crippen LogP contribution in [0.2, 0.25) is 0 Å². The molecule has 5 heterocycles. The lowest BCUT2D eigenvalue weighted by molar-refractivity contribution is -0.326. The first kappa shape index (κ1) is 36.4. The fourth-order valence-electron chi connectivity index (χ4n) is 9.89. The molecular weight excluding hydrogens is 592 g/mol. The van der Waals surface area contributed by atoms with Crippen molar-refractivity contribution in [1.29, 1.82) is 0 Å². The Kier molecular flexibility index (Phi) is 10.7. The number of aliphatic hydroxyl groups excluding tert-OH is 1. The van der Waals surface area contributed by atoms with Crippen molar-refractivity contribution in [1.82, 2.24) is 0 Å². The van der Waals surface area contributed by atoms with Crippen molar-refractivity contribution < 1.29 is 48.5 Å². The number of carbonyl (C=O) groups is 1. The summed E-state index contributed by atoms with van der Waals surface area (Å²) >= 11 is 0. The van der Waals surface area contributed by atoms with Gasteiger partial charge in [-0.1, -0.05) is 41.5 Å². The van der Waals surface area contributed by atoms with Gasteiger partial charge in [0.25, 0.3) is 0 Å². The first-order valence-electron chi connectivity index (χ1n) is 18.0. The van der Waals surface area contributed by atoms with Crippen molar-refractivity contribution in [2.75, 3.05) is 13.7 Å². The molecular formula is C36H62O10. The summed E-state index contributed by atoms with van der Waals surface area (Å²) < 4.78 is 39.7. The largest absolute Gasteiger partial charge is 0.481 e. The van der Waals surface area contributed by atoms with E-state index in [1.165, 1.54) is 0 Å². The van der Waals surface area contributed by atoms with Crippen molar-refractivity contribution >= 4 is 5.97 Å². The number of aliphatic carboxylic acids is 1. The molecule has 5 saturated heterocycles. The minimum absolute atomic E-state index is 0.107. The molecule has 1 spiro atoms. The van der Waals surface area contributed by atoms with E-state index in [1.807, 2.05) is 13.8 Å². The molecule has 0 aromatic carbocycles. The monoisotopic (exact) mass is 654 g/mol. The topological polar surface area (TPSA) is 133 Å². The molecule has 0 aliphatic carbocycles. The van der Waals surface area contributed by atoms with E-state index >= 15 is 0 Å². The SMILES string of the molecule is CC[C@]1([C@H]2O[C@H]([C@@H]3O[C@](O)(CO)[C@@H](C)C[C@H]3C)C[C@H]2C)CC[C@@H]([C@@]2(C)CC[C@@]3(CC[C@H](C)[C@H]([C@H](C)[C@H](OC)[C@H](C)C(=O)O)O3)O2)O1. The second-order valence-electron chi connectivity index (χ2n) is 16.2. The van der Waals surface area contributed by atoms with Gasteiger partial charge in [0.1, 0.15) is 0 Å². The third kappa shape index (κ3) is 6.43. The van der Waals surface area contributed by atoms with Gasteiger partial charge in [-0.05, 0) is 76.5 Å². The summed E-state index contributed by atoms with van der Waals surface area (Å²) in [6.07, 6.45) is 6.15. The van der Waals surface area contributed by atoms with Crippen molar-refractivity contribution in [3.8, 4) is 0 Å². The van der Waals surface area contributed by atoms with Crippen LogP contribution in [0.3, 0.4) is 0 Å². The van der Waals surface area contributed by atoms with Crippen LogP contribution >= 0.6 is 0 Å². The van der Waals surface area contributed by atoms with Crippen LogP contribution in [0.5, 0.6) is 0 Å². The molecule has 0 aromatic heterocycles. The van der Waals surface area contributed by atoms with E-state index in [4.69, 9.17) is 28.4 Å². The number of aliphatic hydroxyl groups is 2. The van der Waals surface area contributed by atoms with Crippen molar-refractivity contribution in [2.45, 2.75) is 173 Å². The minimum Gasteiger partial charge on any atom is -0.481 e. The first-order chi connectivity index (χ1) is 21.6. The first-order valence-corrected chi connectivity index (χ1v) is 18.0. The Morgan fingerprint density at radius 3 is 2.30 bits per heavy atom.